The van der Waals surface area contributed by atoms with Crippen molar-refractivity contribution in [3.63, 3.8) is 0 Å². The first-order valence-corrected chi connectivity index (χ1v) is 8.82. The Bertz CT molecular complexity index is 931. The van der Waals surface area contributed by atoms with Crippen molar-refractivity contribution in [2.45, 2.75) is 32.7 Å². The summed E-state index contributed by atoms with van der Waals surface area (Å²) in [6.45, 7) is 1.53. The molecule has 0 aliphatic carbocycles. The van der Waals surface area contributed by atoms with Crippen molar-refractivity contribution in [1.82, 2.24) is 9.55 Å². The zero-order valence-corrected chi connectivity index (χ0v) is 14.9. The predicted molar refractivity (Wildman–Crippen MR) is 103 cm³/mol. The lowest BCUT2D eigenvalue weighted by Gasteiger charge is -2.12. The van der Waals surface area contributed by atoms with Gasteiger partial charge < -0.3 is 0 Å². The first kappa shape index (κ1) is 17.8. The van der Waals surface area contributed by atoms with E-state index in [0.717, 1.165) is 18.4 Å². The fourth-order valence-corrected chi connectivity index (χ4v) is 3.02. The topological polar surface area (TPSA) is 52.0 Å². The summed E-state index contributed by atoms with van der Waals surface area (Å²) in [5.41, 5.74) is 2.62. The van der Waals surface area contributed by atoms with E-state index in [4.69, 9.17) is 0 Å². The van der Waals surface area contributed by atoms with E-state index in [0.29, 0.717) is 17.8 Å². The summed E-state index contributed by atoms with van der Waals surface area (Å²) in [5.74, 6) is 0.477. The number of aromatic nitrogens is 2. The van der Waals surface area contributed by atoms with Crippen LogP contribution in [0.25, 0.3) is 11.4 Å². The van der Waals surface area contributed by atoms with Gasteiger partial charge in [-0.15, -0.1) is 0 Å². The quantitative estimate of drug-likeness (QED) is 0.656. The maximum absolute atomic E-state index is 12.9. The Hall–Kier alpha value is -3.01. The van der Waals surface area contributed by atoms with Gasteiger partial charge in [0.15, 0.2) is 0 Å². The summed E-state index contributed by atoms with van der Waals surface area (Å²) in [4.78, 5) is 29.1. The number of Topliss-reactive ketones (excluding diaryl/α,β-unsaturated/α-hetero) is 1. The fourth-order valence-electron chi connectivity index (χ4n) is 3.02. The van der Waals surface area contributed by atoms with Gasteiger partial charge in [0.2, 0.25) is 0 Å². The van der Waals surface area contributed by atoms with Gasteiger partial charge in [0.1, 0.15) is 11.6 Å². The molecule has 3 aromatic rings. The molecule has 4 heteroatoms. The smallest absolute Gasteiger partial charge is 0.257 e. The summed E-state index contributed by atoms with van der Waals surface area (Å²) in [6.07, 6.45) is 4.08. The molecule has 26 heavy (non-hydrogen) atoms. The van der Waals surface area contributed by atoms with Crippen LogP contribution in [0, 0.1) is 0 Å². The zero-order chi connectivity index (χ0) is 18.4. The number of hydrogen-bond donors (Lipinski definition) is 0. The number of carbonyl (C=O) groups excluding carboxylic acids is 1. The summed E-state index contributed by atoms with van der Waals surface area (Å²) >= 11 is 0. The van der Waals surface area contributed by atoms with Crippen molar-refractivity contribution in [2.24, 2.45) is 0 Å². The van der Waals surface area contributed by atoms with Gasteiger partial charge >= 0.3 is 0 Å². The molecule has 132 valence electrons. The second-order valence-electron chi connectivity index (χ2n) is 6.41. The van der Waals surface area contributed by atoms with E-state index in [1.165, 1.54) is 17.1 Å². The molecule has 1 aromatic heterocycles. The van der Waals surface area contributed by atoms with Gasteiger partial charge in [0.05, 0.1) is 6.54 Å². The first-order chi connectivity index (χ1) is 12.6. The van der Waals surface area contributed by atoms with Gasteiger partial charge in [-0.1, -0.05) is 60.7 Å². The molecule has 3 rings (SSSR count). The molecule has 0 unspecified atom stereocenters. The number of ketones is 1. The Morgan fingerprint density at radius 2 is 1.62 bits per heavy atom. The highest BCUT2D eigenvalue weighted by atomic mass is 16.1. The normalized spacial score (nSPS) is 10.7. The van der Waals surface area contributed by atoms with Crippen LogP contribution in [0.1, 0.15) is 24.5 Å². The van der Waals surface area contributed by atoms with Crippen LogP contribution in [-0.4, -0.2) is 15.3 Å². The van der Waals surface area contributed by atoms with E-state index in [-0.39, 0.29) is 17.9 Å². The molecule has 0 N–H and O–H groups in total. The van der Waals surface area contributed by atoms with E-state index in [9.17, 15) is 9.59 Å². The van der Waals surface area contributed by atoms with Crippen LogP contribution in [0.4, 0.5) is 0 Å². The number of benzene rings is 2. The number of rotatable bonds is 7. The summed E-state index contributed by atoms with van der Waals surface area (Å²) in [7, 11) is 0. The standard InChI is InChI=1S/C22H22N2O2/c1-17(25)16-24-21(19-12-6-3-7-13-19)23-15-20(22(24)26)14-8-11-18-9-4-2-5-10-18/h2-7,9-10,12-13,15H,8,11,14,16H2,1H3. The predicted octanol–water partition coefficient (Wildman–Crippen LogP) is 3.67. The average molecular weight is 346 g/mol. The van der Waals surface area contributed by atoms with Gasteiger partial charge in [-0.3, -0.25) is 14.2 Å². The average Bonchev–Trinajstić information content (AvgIpc) is 2.66. The highest BCUT2D eigenvalue weighted by Gasteiger charge is 2.13. The number of nitrogens with zero attached hydrogens (tertiary/aromatic N) is 2. The van der Waals surface area contributed by atoms with Crippen molar-refractivity contribution in [3.05, 3.63) is 88.3 Å². The lowest BCUT2D eigenvalue weighted by molar-refractivity contribution is -0.117. The van der Waals surface area contributed by atoms with Crippen LogP contribution < -0.4 is 5.56 Å². The Morgan fingerprint density at radius 3 is 2.27 bits per heavy atom. The molecule has 0 aliphatic heterocycles. The summed E-state index contributed by atoms with van der Waals surface area (Å²) in [6, 6.07) is 19.7. The van der Waals surface area contributed by atoms with Crippen molar-refractivity contribution >= 4 is 5.78 Å². The molecule has 0 atom stereocenters. The SMILES string of the molecule is CC(=O)Cn1c(-c2ccccc2)ncc(CCCc2ccccc2)c1=O. The van der Waals surface area contributed by atoms with E-state index >= 15 is 0 Å². The molecular formula is C22H22N2O2. The number of hydrogen-bond acceptors (Lipinski definition) is 3. The first-order valence-electron chi connectivity index (χ1n) is 8.82. The van der Waals surface area contributed by atoms with E-state index in [2.05, 4.69) is 17.1 Å². The van der Waals surface area contributed by atoms with E-state index < -0.39 is 0 Å². The molecule has 0 spiro atoms. The van der Waals surface area contributed by atoms with Gasteiger partial charge in [0.25, 0.3) is 5.56 Å². The highest BCUT2D eigenvalue weighted by molar-refractivity contribution is 5.76. The van der Waals surface area contributed by atoms with Gasteiger partial charge in [0, 0.05) is 17.3 Å². The maximum atomic E-state index is 12.9. The van der Waals surface area contributed by atoms with E-state index in [1.54, 1.807) is 6.20 Å². The third-order valence-electron chi connectivity index (χ3n) is 4.29. The number of aryl methyl sites for hydroxylation is 2. The Labute approximate surface area is 153 Å². The molecule has 4 nitrogen and oxygen atoms in total. The molecule has 0 saturated carbocycles. The summed E-state index contributed by atoms with van der Waals surface area (Å²) < 4.78 is 1.50. The zero-order valence-electron chi connectivity index (χ0n) is 14.9. The molecule has 1 heterocycles. The highest BCUT2D eigenvalue weighted by Crippen LogP contribution is 2.16. The van der Waals surface area contributed by atoms with Crippen molar-refractivity contribution in [2.75, 3.05) is 0 Å². The largest absolute Gasteiger partial charge is 0.298 e. The molecule has 0 bridgehead atoms. The second kappa shape index (κ2) is 8.39. The Balaban J connectivity index is 1.85. The van der Waals surface area contributed by atoms with Gasteiger partial charge in [-0.05, 0) is 31.7 Å². The minimum absolute atomic E-state index is 0.0442. The molecule has 2 aromatic carbocycles. The van der Waals surface area contributed by atoms with Gasteiger partial charge in [-0.25, -0.2) is 4.98 Å². The van der Waals surface area contributed by atoms with Crippen LogP contribution >= 0.6 is 0 Å². The van der Waals surface area contributed by atoms with Gasteiger partial charge in [-0.2, -0.15) is 0 Å². The minimum Gasteiger partial charge on any atom is -0.298 e. The molecule has 0 aliphatic rings. The second-order valence-corrected chi connectivity index (χ2v) is 6.41. The molecule has 0 radical (unpaired) electrons. The maximum Gasteiger partial charge on any atom is 0.257 e. The lowest BCUT2D eigenvalue weighted by Crippen LogP contribution is -2.28. The van der Waals surface area contributed by atoms with Crippen LogP contribution in [0.2, 0.25) is 0 Å². The van der Waals surface area contributed by atoms with Crippen LogP contribution in [-0.2, 0) is 24.2 Å². The van der Waals surface area contributed by atoms with Crippen LogP contribution in [0.3, 0.4) is 0 Å². The summed E-state index contributed by atoms with van der Waals surface area (Å²) in [5, 5.41) is 0. The third-order valence-corrected chi connectivity index (χ3v) is 4.29. The van der Waals surface area contributed by atoms with E-state index in [1.807, 2.05) is 48.5 Å². The van der Waals surface area contributed by atoms with Crippen molar-refractivity contribution in [1.29, 1.82) is 0 Å². The van der Waals surface area contributed by atoms with Crippen molar-refractivity contribution < 1.29 is 4.79 Å². The minimum atomic E-state index is -0.123. The molecular weight excluding hydrogens is 324 g/mol. The molecule has 0 amide bonds. The third kappa shape index (κ3) is 4.33. The molecule has 0 saturated heterocycles. The van der Waals surface area contributed by atoms with Crippen LogP contribution in [0.5, 0.6) is 0 Å². The fraction of sp³-hybridized carbons (Fsp3) is 0.227. The van der Waals surface area contributed by atoms with Crippen LogP contribution in [0.15, 0.2) is 71.7 Å². The monoisotopic (exact) mass is 346 g/mol. The lowest BCUT2D eigenvalue weighted by atomic mass is 10.1. The molecule has 0 fully saturated rings. The Kier molecular flexibility index (Phi) is 5.74. The van der Waals surface area contributed by atoms with Crippen molar-refractivity contribution in [3.8, 4) is 11.4 Å². The number of carbonyl (C=O) groups is 1. The Morgan fingerprint density at radius 1 is 0.962 bits per heavy atom.